The number of phenols is 2. The third-order valence-corrected chi connectivity index (χ3v) is 6.61. The first-order valence-corrected chi connectivity index (χ1v) is 12.7. The highest BCUT2D eigenvalue weighted by Gasteiger charge is 2.40. The number of aromatic hydroxyl groups is 2. The second-order valence-electron chi connectivity index (χ2n) is 9.16. The van der Waals surface area contributed by atoms with Crippen molar-refractivity contribution in [3.05, 3.63) is 116 Å². The number of nitrogens with one attached hydrogen (secondary N) is 1. The molecule has 0 aliphatic carbocycles. The Labute approximate surface area is 247 Å². The van der Waals surface area contributed by atoms with Gasteiger partial charge in [-0.15, -0.1) is 0 Å². The fraction of sp³-hybridized carbons (Fsp3) is 0.194. The molecule has 1 aliphatic heterocycles. The second kappa shape index (κ2) is 13.8. The minimum absolute atomic E-state index is 0.113. The summed E-state index contributed by atoms with van der Waals surface area (Å²) in [4.78, 5) is 47.7. The Morgan fingerprint density at radius 3 is 1.84 bits per heavy atom. The van der Waals surface area contributed by atoms with Crippen LogP contribution in [0.3, 0.4) is 0 Å². The molecule has 1 heterocycles. The number of dihydropyridines is 1. The molecule has 0 unspecified atom stereocenters. The Bertz CT molecular complexity index is 1600. The Kier molecular flexibility index (Phi) is 10.2. The van der Waals surface area contributed by atoms with E-state index in [9.17, 15) is 34.7 Å². The van der Waals surface area contributed by atoms with Crippen molar-refractivity contribution in [2.45, 2.75) is 19.8 Å². The lowest BCUT2D eigenvalue weighted by Crippen LogP contribution is -2.32. The van der Waals surface area contributed by atoms with Crippen LogP contribution in [0.1, 0.15) is 41.3 Å². The van der Waals surface area contributed by atoms with Crippen LogP contribution < -0.4 is 10.1 Å². The zero-order chi connectivity index (χ0) is 31.8. The Morgan fingerprint density at radius 1 is 0.791 bits per heavy atom. The van der Waals surface area contributed by atoms with Crippen LogP contribution in [0.25, 0.3) is 0 Å². The van der Waals surface area contributed by atoms with Crippen LogP contribution in [-0.4, -0.2) is 54.2 Å². The topological polar surface area (TPSA) is 175 Å². The molecule has 0 fully saturated rings. The maximum atomic E-state index is 12.3. The number of hydrogen-bond donors (Lipinski definition) is 3. The van der Waals surface area contributed by atoms with E-state index in [-0.39, 0.29) is 45.0 Å². The average molecular weight is 591 g/mol. The molecule has 12 heteroatoms. The van der Waals surface area contributed by atoms with E-state index in [0.29, 0.717) is 17.1 Å². The van der Waals surface area contributed by atoms with Gasteiger partial charge in [0, 0.05) is 29.1 Å². The van der Waals surface area contributed by atoms with Crippen LogP contribution in [0.15, 0.2) is 89.3 Å². The average Bonchev–Trinajstić information content (AvgIpc) is 3.00. The van der Waals surface area contributed by atoms with E-state index in [1.807, 2.05) is 0 Å². The lowest BCUT2D eigenvalue weighted by molar-refractivity contribution is -0.385. The largest absolute Gasteiger partial charge is 0.507 e. The number of ether oxygens (including phenoxy) is 3. The number of methoxy groups -OCH3 is 3. The number of phenolic OH excluding ortho intramolecular Hbond substituents is 2. The Morgan fingerprint density at radius 2 is 1.33 bits per heavy atom. The molecule has 3 N–H and O–H groups in total. The molecule has 0 spiro atoms. The number of nitro benzene ring substituents is 1. The van der Waals surface area contributed by atoms with Crippen molar-refractivity contribution in [2.75, 3.05) is 21.3 Å². The SMILES string of the molecule is COC(=O)C1=C(C)NC(C)=C(C(=O)OC)C1c1ccccc1[N+](=O)[O-].COc1ccc(C(=O)c2ccccc2O)c(O)c1. The van der Waals surface area contributed by atoms with Gasteiger partial charge < -0.3 is 29.7 Å². The minimum Gasteiger partial charge on any atom is -0.507 e. The van der Waals surface area contributed by atoms with Crippen molar-refractivity contribution >= 4 is 23.4 Å². The first kappa shape index (κ1) is 31.9. The van der Waals surface area contributed by atoms with E-state index in [4.69, 9.17) is 14.2 Å². The highest BCUT2D eigenvalue weighted by Crippen LogP contribution is 2.42. The molecule has 0 saturated heterocycles. The van der Waals surface area contributed by atoms with Crippen LogP contribution >= 0.6 is 0 Å². The molecule has 1 aliphatic rings. The van der Waals surface area contributed by atoms with Crippen LogP contribution in [0.2, 0.25) is 0 Å². The van der Waals surface area contributed by atoms with E-state index in [2.05, 4.69) is 5.32 Å². The number of nitro groups is 1. The molecular formula is C31H30N2O10. The van der Waals surface area contributed by atoms with Crippen molar-refractivity contribution < 1.29 is 43.7 Å². The zero-order valence-corrected chi connectivity index (χ0v) is 24.0. The smallest absolute Gasteiger partial charge is 0.336 e. The van der Waals surface area contributed by atoms with Crippen molar-refractivity contribution in [1.82, 2.24) is 5.32 Å². The summed E-state index contributed by atoms with van der Waals surface area (Å²) in [7, 11) is 3.89. The number of esters is 2. The summed E-state index contributed by atoms with van der Waals surface area (Å²) in [6, 6.07) is 16.6. The van der Waals surface area contributed by atoms with E-state index < -0.39 is 28.6 Å². The zero-order valence-electron chi connectivity index (χ0n) is 24.0. The molecule has 0 bridgehead atoms. The maximum Gasteiger partial charge on any atom is 0.336 e. The fourth-order valence-corrected chi connectivity index (χ4v) is 4.61. The molecule has 0 radical (unpaired) electrons. The van der Waals surface area contributed by atoms with Gasteiger partial charge in [0.05, 0.1) is 54.4 Å². The number of para-hydroxylation sites is 2. The summed E-state index contributed by atoms with van der Waals surface area (Å²) in [6.07, 6.45) is 0. The highest BCUT2D eigenvalue weighted by atomic mass is 16.6. The summed E-state index contributed by atoms with van der Waals surface area (Å²) in [5, 5.41) is 33.8. The third-order valence-electron chi connectivity index (χ3n) is 6.61. The van der Waals surface area contributed by atoms with Crippen molar-refractivity contribution in [1.29, 1.82) is 0 Å². The van der Waals surface area contributed by atoms with Crippen LogP contribution in [0, 0.1) is 10.1 Å². The summed E-state index contributed by atoms with van der Waals surface area (Å²) in [6.45, 7) is 3.29. The van der Waals surface area contributed by atoms with Crippen molar-refractivity contribution in [3.8, 4) is 17.2 Å². The number of allylic oxidation sites excluding steroid dienone is 2. The molecule has 0 saturated carbocycles. The van der Waals surface area contributed by atoms with Gasteiger partial charge in [-0.1, -0.05) is 30.3 Å². The molecule has 0 aromatic heterocycles. The fourth-order valence-electron chi connectivity index (χ4n) is 4.61. The van der Waals surface area contributed by atoms with Crippen LogP contribution in [0.5, 0.6) is 17.2 Å². The quantitative estimate of drug-likeness (QED) is 0.153. The molecule has 0 atom stereocenters. The lowest BCUT2D eigenvalue weighted by Gasteiger charge is -2.29. The van der Waals surface area contributed by atoms with Gasteiger partial charge in [-0.2, -0.15) is 0 Å². The maximum absolute atomic E-state index is 12.3. The van der Waals surface area contributed by atoms with Gasteiger partial charge in [-0.3, -0.25) is 14.9 Å². The monoisotopic (exact) mass is 590 g/mol. The van der Waals surface area contributed by atoms with Crippen molar-refractivity contribution in [2.24, 2.45) is 0 Å². The van der Waals surface area contributed by atoms with Gasteiger partial charge in [0.1, 0.15) is 17.2 Å². The summed E-state index contributed by atoms with van der Waals surface area (Å²) < 4.78 is 14.6. The van der Waals surface area contributed by atoms with Gasteiger partial charge in [0.25, 0.3) is 5.69 Å². The Balaban J connectivity index is 0.000000248. The molecule has 3 aromatic rings. The molecule has 43 heavy (non-hydrogen) atoms. The van der Waals surface area contributed by atoms with Gasteiger partial charge in [-0.25, -0.2) is 9.59 Å². The third kappa shape index (κ3) is 6.81. The molecule has 4 rings (SSSR count). The van der Waals surface area contributed by atoms with Crippen molar-refractivity contribution in [3.63, 3.8) is 0 Å². The van der Waals surface area contributed by atoms with Gasteiger partial charge in [0.15, 0.2) is 5.78 Å². The second-order valence-corrected chi connectivity index (χ2v) is 9.16. The summed E-state index contributed by atoms with van der Waals surface area (Å²) in [5.41, 5.74) is 1.47. The summed E-state index contributed by atoms with van der Waals surface area (Å²) >= 11 is 0. The number of carbonyl (C=O) groups is 3. The number of hydrogen-bond acceptors (Lipinski definition) is 11. The lowest BCUT2D eigenvalue weighted by atomic mass is 9.79. The van der Waals surface area contributed by atoms with E-state index >= 15 is 0 Å². The molecular weight excluding hydrogens is 560 g/mol. The van der Waals surface area contributed by atoms with E-state index in [1.54, 1.807) is 38.1 Å². The predicted molar refractivity (Wildman–Crippen MR) is 155 cm³/mol. The van der Waals surface area contributed by atoms with E-state index in [0.717, 1.165) is 0 Å². The predicted octanol–water partition coefficient (Wildman–Crippen LogP) is 4.51. The van der Waals surface area contributed by atoms with Gasteiger partial charge >= 0.3 is 11.9 Å². The normalized spacial score (nSPS) is 12.9. The number of nitrogens with zero attached hydrogens (tertiary/aromatic N) is 1. The first-order valence-electron chi connectivity index (χ1n) is 12.7. The number of carbonyl (C=O) groups excluding carboxylic acids is 3. The summed E-state index contributed by atoms with van der Waals surface area (Å²) in [5.74, 6) is -2.60. The molecule has 3 aromatic carbocycles. The van der Waals surface area contributed by atoms with Gasteiger partial charge in [0.2, 0.25) is 0 Å². The van der Waals surface area contributed by atoms with Crippen LogP contribution in [-0.2, 0) is 19.1 Å². The first-order chi connectivity index (χ1) is 20.5. The number of benzene rings is 3. The standard InChI is InChI=1S/C17H18N2O6.C14H12O4/c1-9-13(16(20)24-3)15(14(10(2)18-9)17(21)25-4)11-7-5-6-8-12(11)19(22)23;1-18-9-6-7-11(13(16)8-9)14(17)10-4-2-3-5-12(10)15/h5-8,15,18H,1-4H3;2-8,15-16H,1H3. The molecule has 0 amide bonds. The van der Waals surface area contributed by atoms with E-state index in [1.165, 1.54) is 63.8 Å². The molecule has 12 nitrogen and oxygen atoms in total. The molecule has 224 valence electrons. The Hall–Kier alpha value is -5.65. The number of rotatable bonds is 7. The minimum atomic E-state index is -0.970. The van der Waals surface area contributed by atoms with Crippen LogP contribution in [0.4, 0.5) is 5.69 Å². The highest BCUT2D eigenvalue weighted by molar-refractivity contribution is 6.12. The van der Waals surface area contributed by atoms with Gasteiger partial charge in [-0.05, 0) is 38.1 Å². The number of ketones is 1.